The van der Waals surface area contributed by atoms with Crippen molar-refractivity contribution in [3.8, 4) is 0 Å². The fraction of sp³-hybridized carbons (Fsp3) is 0.500. The Morgan fingerprint density at radius 2 is 1.72 bits per heavy atom. The van der Waals surface area contributed by atoms with Gasteiger partial charge in [0.25, 0.3) is 0 Å². The van der Waals surface area contributed by atoms with Gasteiger partial charge in [-0.1, -0.05) is 0 Å². The highest BCUT2D eigenvalue weighted by Gasteiger charge is 2.27. The van der Waals surface area contributed by atoms with E-state index in [1.807, 2.05) is 0 Å². The number of aliphatic hydroxyl groups is 1. The third-order valence-electron chi connectivity index (χ3n) is 3.14. The molecular formula is C12H15F3N2O. The number of hydrogen-bond acceptors (Lipinski definition) is 3. The lowest BCUT2D eigenvalue weighted by molar-refractivity contribution is 0.105. The summed E-state index contributed by atoms with van der Waals surface area (Å²) in [6, 6.07) is 0.514. The van der Waals surface area contributed by atoms with Crippen LogP contribution >= 0.6 is 0 Å². The molecule has 1 aliphatic heterocycles. The SMILES string of the molecule is OC[C@H](c1c(F)cc(F)cc1F)N1CCNCC1. The molecule has 0 aromatic heterocycles. The summed E-state index contributed by atoms with van der Waals surface area (Å²) in [7, 11) is 0. The third kappa shape index (κ3) is 2.66. The van der Waals surface area contributed by atoms with Crippen molar-refractivity contribution in [2.24, 2.45) is 0 Å². The standard InChI is InChI=1S/C12H15F3N2O/c13-8-5-9(14)12(10(15)6-8)11(7-18)17-3-1-16-2-4-17/h5-6,11,16,18H,1-4,7H2/t11-/m1/s1. The predicted molar refractivity (Wildman–Crippen MR) is 60.6 cm³/mol. The zero-order valence-corrected chi connectivity index (χ0v) is 9.80. The summed E-state index contributed by atoms with van der Waals surface area (Å²) in [6.45, 7) is 2.16. The molecule has 1 aromatic carbocycles. The number of nitrogens with one attached hydrogen (secondary N) is 1. The zero-order chi connectivity index (χ0) is 13.1. The minimum absolute atomic E-state index is 0.263. The van der Waals surface area contributed by atoms with Gasteiger partial charge in [-0.05, 0) is 0 Å². The quantitative estimate of drug-likeness (QED) is 0.852. The first-order valence-corrected chi connectivity index (χ1v) is 5.83. The Balaban J connectivity index is 2.32. The molecule has 100 valence electrons. The van der Waals surface area contributed by atoms with Crippen LogP contribution in [0.5, 0.6) is 0 Å². The maximum absolute atomic E-state index is 13.7. The second kappa shape index (κ2) is 5.69. The average molecular weight is 260 g/mol. The molecule has 6 heteroatoms. The number of rotatable bonds is 3. The molecule has 0 saturated carbocycles. The zero-order valence-electron chi connectivity index (χ0n) is 9.80. The molecule has 18 heavy (non-hydrogen) atoms. The molecule has 1 aromatic rings. The van der Waals surface area contributed by atoms with Crippen molar-refractivity contribution in [2.45, 2.75) is 6.04 Å². The largest absolute Gasteiger partial charge is 0.394 e. The molecule has 2 rings (SSSR count). The first kappa shape index (κ1) is 13.3. The van der Waals surface area contributed by atoms with Gasteiger partial charge >= 0.3 is 0 Å². The van der Waals surface area contributed by atoms with Crippen molar-refractivity contribution in [3.05, 3.63) is 35.1 Å². The van der Waals surface area contributed by atoms with Crippen LogP contribution in [0, 0.1) is 17.5 Å². The average Bonchev–Trinajstić information content (AvgIpc) is 2.34. The van der Waals surface area contributed by atoms with Gasteiger partial charge in [-0.3, -0.25) is 4.90 Å². The topological polar surface area (TPSA) is 35.5 Å². The summed E-state index contributed by atoms with van der Waals surface area (Å²) in [6.07, 6.45) is 0. The Hall–Kier alpha value is -1.11. The fourth-order valence-electron chi connectivity index (χ4n) is 2.25. The molecule has 0 spiro atoms. The van der Waals surface area contributed by atoms with Crippen molar-refractivity contribution >= 4 is 0 Å². The number of hydrogen-bond donors (Lipinski definition) is 2. The van der Waals surface area contributed by atoms with Gasteiger partial charge in [0.05, 0.1) is 12.6 Å². The number of aliphatic hydroxyl groups excluding tert-OH is 1. The molecule has 1 saturated heterocycles. The molecule has 1 fully saturated rings. The fourth-order valence-corrected chi connectivity index (χ4v) is 2.25. The van der Waals surface area contributed by atoms with Crippen LogP contribution in [0.3, 0.4) is 0 Å². The van der Waals surface area contributed by atoms with Gasteiger partial charge in [-0.2, -0.15) is 0 Å². The van der Waals surface area contributed by atoms with Gasteiger partial charge in [-0.25, -0.2) is 13.2 Å². The summed E-state index contributed by atoms with van der Waals surface area (Å²) in [5.74, 6) is -2.86. The van der Waals surface area contributed by atoms with E-state index in [0.29, 0.717) is 38.3 Å². The van der Waals surface area contributed by atoms with E-state index in [1.54, 1.807) is 4.90 Å². The Morgan fingerprint density at radius 3 is 2.22 bits per heavy atom. The molecule has 1 heterocycles. The van der Waals surface area contributed by atoms with E-state index in [-0.39, 0.29) is 5.56 Å². The second-order valence-corrected chi connectivity index (χ2v) is 4.27. The van der Waals surface area contributed by atoms with E-state index in [0.717, 1.165) is 0 Å². The summed E-state index contributed by atoms with van der Waals surface area (Å²) < 4.78 is 40.2. The first-order chi connectivity index (χ1) is 8.63. The molecule has 2 N–H and O–H groups in total. The highest BCUT2D eigenvalue weighted by molar-refractivity contribution is 5.24. The molecule has 0 amide bonds. The van der Waals surface area contributed by atoms with E-state index in [9.17, 15) is 18.3 Å². The smallest absolute Gasteiger partial charge is 0.133 e. The van der Waals surface area contributed by atoms with Crippen LogP contribution in [0.1, 0.15) is 11.6 Å². The van der Waals surface area contributed by atoms with Crippen LogP contribution in [0.15, 0.2) is 12.1 Å². The summed E-state index contributed by atoms with van der Waals surface area (Å²) >= 11 is 0. The molecule has 0 aliphatic carbocycles. The van der Waals surface area contributed by atoms with Crippen LogP contribution in [0.25, 0.3) is 0 Å². The van der Waals surface area contributed by atoms with Crippen LogP contribution in [0.4, 0.5) is 13.2 Å². The molecule has 1 aliphatic rings. The van der Waals surface area contributed by atoms with Crippen LogP contribution in [0.2, 0.25) is 0 Å². The van der Waals surface area contributed by atoms with Crippen molar-refractivity contribution in [2.75, 3.05) is 32.8 Å². The summed E-state index contributed by atoms with van der Waals surface area (Å²) in [4.78, 5) is 1.79. The van der Waals surface area contributed by atoms with Crippen molar-refractivity contribution < 1.29 is 18.3 Å². The Kier molecular flexibility index (Phi) is 4.21. The predicted octanol–water partition coefficient (Wildman–Crippen LogP) is 1.04. The maximum atomic E-state index is 13.7. The number of nitrogens with zero attached hydrogens (tertiary/aromatic N) is 1. The second-order valence-electron chi connectivity index (χ2n) is 4.27. The lowest BCUT2D eigenvalue weighted by Crippen LogP contribution is -2.46. The van der Waals surface area contributed by atoms with Gasteiger partial charge in [0.15, 0.2) is 0 Å². The van der Waals surface area contributed by atoms with E-state index < -0.39 is 30.1 Å². The third-order valence-corrected chi connectivity index (χ3v) is 3.14. The molecular weight excluding hydrogens is 245 g/mol. The monoisotopic (exact) mass is 260 g/mol. The minimum Gasteiger partial charge on any atom is -0.394 e. The first-order valence-electron chi connectivity index (χ1n) is 5.83. The molecule has 3 nitrogen and oxygen atoms in total. The number of halogens is 3. The normalized spacial score (nSPS) is 18.9. The van der Waals surface area contributed by atoms with Crippen molar-refractivity contribution in [1.82, 2.24) is 10.2 Å². The van der Waals surface area contributed by atoms with Crippen LogP contribution in [-0.2, 0) is 0 Å². The Labute approximate surface area is 103 Å². The summed E-state index contributed by atoms with van der Waals surface area (Å²) in [5.41, 5.74) is -0.263. The Bertz CT molecular complexity index is 399. The summed E-state index contributed by atoms with van der Waals surface area (Å²) in [5, 5.41) is 12.5. The van der Waals surface area contributed by atoms with E-state index in [1.165, 1.54) is 0 Å². The molecule has 0 radical (unpaired) electrons. The van der Waals surface area contributed by atoms with Crippen molar-refractivity contribution in [1.29, 1.82) is 0 Å². The van der Waals surface area contributed by atoms with Crippen LogP contribution < -0.4 is 5.32 Å². The van der Waals surface area contributed by atoms with Gasteiger partial charge in [-0.15, -0.1) is 0 Å². The van der Waals surface area contributed by atoms with Crippen LogP contribution in [-0.4, -0.2) is 42.8 Å². The minimum atomic E-state index is -0.954. The van der Waals surface area contributed by atoms with Gasteiger partial charge in [0.2, 0.25) is 0 Å². The van der Waals surface area contributed by atoms with Gasteiger partial charge in [0.1, 0.15) is 17.5 Å². The van der Waals surface area contributed by atoms with Crippen molar-refractivity contribution in [3.63, 3.8) is 0 Å². The highest BCUT2D eigenvalue weighted by Crippen LogP contribution is 2.26. The van der Waals surface area contributed by atoms with E-state index in [4.69, 9.17) is 0 Å². The highest BCUT2D eigenvalue weighted by atomic mass is 19.1. The Morgan fingerprint density at radius 1 is 1.17 bits per heavy atom. The molecule has 0 unspecified atom stereocenters. The number of piperazine rings is 1. The lowest BCUT2D eigenvalue weighted by Gasteiger charge is -2.34. The maximum Gasteiger partial charge on any atom is 0.133 e. The number of benzene rings is 1. The van der Waals surface area contributed by atoms with E-state index >= 15 is 0 Å². The van der Waals surface area contributed by atoms with E-state index in [2.05, 4.69) is 5.32 Å². The van der Waals surface area contributed by atoms with Gasteiger partial charge in [0, 0.05) is 43.9 Å². The molecule has 0 bridgehead atoms. The molecule has 1 atom stereocenters. The van der Waals surface area contributed by atoms with Gasteiger partial charge < -0.3 is 10.4 Å². The lowest BCUT2D eigenvalue weighted by atomic mass is 10.0.